The van der Waals surface area contributed by atoms with E-state index >= 15 is 0 Å². The number of fused-ring (bicyclic) bond motifs is 1. The number of nitrogens with zero attached hydrogens (tertiary/aromatic N) is 1. The van der Waals surface area contributed by atoms with E-state index < -0.39 is 0 Å². The maximum atomic E-state index is 12.7. The molecule has 0 fully saturated rings. The zero-order valence-corrected chi connectivity index (χ0v) is 12.9. The second-order valence-electron chi connectivity index (χ2n) is 5.11. The molecule has 0 radical (unpaired) electrons. The van der Waals surface area contributed by atoms with Crippen molar-refractivity contribution in [3.05, 3.63) is 70.5 Å². The van der Waals surface area contributed by atoms with Gasteiger partial charge in [0.15, 0.2) is 0 Å². The quantitative estimate of drug-likeness (QED) is 0.809. The first-order valence-corrected chi connectivity index (χ1v) is 7.15. The van der Waals surface area contributed by atoms with Crippen LogP contribution < -0.4 is 15.1 Å². The highest BCUT2D eigenvalue weighted by Crippen LogP contribution is 2.21. The molecule has 0 aliphatic carbocycles. The smallest absolute Gasteiger partial charge is 0.263 e. The van der Waals surface area contributed by atoms with Gasteiger partial charge in [0.2, 0.25) is 5.43 Å². The second kappa shape index (κ2) is 5.96. The lowest BCUT2D eigenvalue weighted by atomic mass is 10.1. The molecule has 0 aliphatic heterocycles. The van der Waals surface area contributed by atoms with E-state index in [4.69, 9.17) is 4.74 Å². The van der Waals surface area contributed by atoms with Crippen LogP contribution in [0.1, 0.15) is 10.4 Å². The summed E-state index contributed by atoms with van der Waals surface area (Å²) in [6, 6.07) is 14.4. The Balaban J connectivity index is 2.09. The molecule has 1 aromatic heterocycles. The van der Waals surface area contributed by atoms with E-state index in [9.17, 15) is 9.59 Å². The number of H-pyrrole nitrogens is 1. The van der Waals surface area contributed by atoms with Crippen LogP contribution in [-0.4, -0.2) is 25.0 Å². The van der Waals surface area contributed by atoms with Gasteiger partial charge >= 0.3 is 0 Å². The average molecular weight is 308 g/mol. The SMILES string of the molecule is COc1cccc2c(=O)c(C(=O)N(C)c3ccccc3)c[nH]c12. The van der Waals surface area contributed by atoms with E-state index in [1.807, 2.05) is 30.3 Å². The molecule has 23 heavy (non-hydrogen) atoms. The van der Waals surface area contributed by atoms with Gasteiger partial charge in [0.1, 0.15) is 11.3 Å². The zero-order valence-electron chi connectivity index (χ0n) is 12.9. The minimum absolute atomic E-state index is 0.0945. The lowest BCUT2D eigenvalue weighted by molar-refractivity contribution is 0.0992. The lowest BCUT2D eigenvalue weighted by Gasteiger charge is -2.17. The van der Waals surface area contributed by atoms with Crippen molar-refractivity contribution in [1.29, 1.82) is 0 Å². The van der Waals surface area contributed by atoms with Crippen LogP contribution in [0.15, 0.2) is 59.5 Å². The molecule has 116 valence electrons. The molecule has 5 nitrogen and oxygen atoms in total. The van der Waals surface area contributed by atoms with Crippen molar-refractivity contribution in [3.63, 3.8) is 0 Å². The molecule has 5 heteroatoms. The van der Waals surface area contributed by atoms with E-state index in [1.54, 1.807) is 25.2 Å². The summed E-state index contributed by atoms with van der Waals surface area (Å²) >= 11 is 0. The van der Waals surface area contributed by atoms with E-state index in [-0.39, 0.29) is 16.9 Å². The molecular weight excluding hydrogens is 292 g/mol. The van der Waals surface area contributed by atoms with E-state index in [1.165, 1.54) is 18.2 Å². The Hall–Kier alpha value is -3.08. The summed E-state index contributed by atoms with van der Waals surface area (Å²) in [5, 5.41) is 0.427. The molecule has 1 N–H and O–H groups in total. The molecule has 0 bridgehead atoms. The number of pyridine rings is 1. The van der Waals surface area contributed by atoms with Gasteiger partial charge in [-0.3, -0.25) is 9.59 Å². The monoisotopic (exact) mass is 308 g/mol. The molecule has 1 amide bonds. The van der Waals surface area contributed by atoms with Crippen LogP contribution in [-0.2, 0) is 0 Å². The first-order valence-electron chi connectivity index (χ1n) is 7.15. The predicted octanol–water partition coefficient (Wildman–Crippen LogP) is 2.81. The van der Waals surface area contributed by atoms with Crippen molar-refractivity contribution in [1.82, 2.24) is 4.98 Å². The van der Waals surface area contributed by atoms with E-state index in [0.717, 1.165) is 5.69 Å². The van der Waals surface area contributed by atoms with Gasteiger partial charge in [-0.15, -0.1) is 0 Å². The predicted molar refractivity (Wildman–Crippen MR) is 90.3 cm³/mol. The summed E-state index contributed by atoms with van der Waals surface area (Å²) < 4.78 is 5.23. The molecule has 3 rings (SSSR count). The van der Waals surface area contributed by atoms with Crippen LogP contribution in [0.3, 0.4) is 0 Å². The summed E-state index contributed by atoms with van der Waals surface area (Å²) in [6.45, 7) is 0. The number of para-hydroxylation sites is 2. The minimum atomic E-state index is -0.359. The fourth-order valence-electron chi connectivity index (χ4n) is 2.50. The molecular formula is C18H16N2O3. The number of aromatic nitrogens is 1. The van der Waals surface area contributed by atoms with Crippen LogP contribution in [0.4, 0.5) is 5.69 Å². The molecule has 0 aliphatic rings. The number of carbonyl (C=O) groups is 1. The number of amides is 1. The third kappa shape index (κ3) is 2.57. The average Bonchev–Trinajstić information content (AvgIpc) is 2.61. The summed E-state index contributed by atoms with van der Waals surface area (Å²) in [4.78, 5) is 29.7. The van der Waals surface area contributed by atoms with Crippen molar-refractivity contribution >= 4 is 22.5 Å². The van der Waals surface area contributed by atoms with E-state index in [0.29, 0.717) is 16.7 Å². The maximum Gasteiger partial charge on any atom is 0.263 e. The summed E-state index contributed by atoms with van der Waals surface area (Å²) in [5.74, 6) is 0.206. The van der Waals surface area contributed by atoms with Gasteiger partial charge in [0.25, 0.3) is 5.91 Å². The summed E-state index contributed by atoms with van der Waals surface area (Å²) in [6.07, 6.45) is 1.44. The highest BCUT2D eigenvalue weighted by molar-refractivity contribution is 6.07. The number of hydrogen-bond donors (Lipinski definition) is 1. The number of rotatable bonds is 3. The zero-order chi connectivity index (χ0) is 16.4. The third-order valence-electron chi connectivity index (χ3n) is 3.77. The normalized spacial score (nSPS) is 10.5. The third-order valence-corrected chi connectivity index (χ3v) is 3.77. The standard InChI is InChI=1S/C18H16N2O3/c1-20(12-7-4-3-5-8-12)18(22)14-11-19-16-13(17(14)21)9-6-10-15(16)23-2/h3-11H,1-2H3,(H,19,21). The van der Waals surface area contributed by atoms with Crippen LogP contribution in [0.2, 0.25) is 0 Å². The number of anilines is 1. The van der Waals surface area contributed by atoms with Crippen molar-refractivity contribution in [3.8, 4) is 5.75 Å². The van der Waals surface area contributed by atoms with Gasteiger partial charge in [0, 0.05) is 18.9 Å². The molecule has 0 saturated carbocycles. The van der Waals surface area contributed by atoms with Crippen LogP contribution >= 0.6 is 0 Å². The van der Waals surface area contributed by atoms with Crippen molar-refractivity contribution in [2.75, 3.05) is 19.1 Å². The van der Waals surface area contributed by atoms with Gasteiger partial charge in [-0.1, -0.05) is 24.3 Å². The first kappa shape index (κ1) is 14.8. The van der Waals surface area contributed by atoms with Gasteiger partial charge in [-0.05, 0) is 24.3 Å². The highest BCUT2D eigenvalue weighted by Gasteiger charge is 2.19. The molecule has 0 unspecified atom stereocenters. The van der Waals surface area contributed by atoms with Gasteiger partial charge < -0.3 is 14.6 Å². The number of nitrogens with one attached hydrogen (secondary N) is 1. The van der Waals surface area contributed by atoms with Crippen molar-refractivity contribution in [2.24, 2.45) is 0 Å². The highest BCUT2D eigenvalue weighted by atomic mass is 16.5. The summed E-state index contributed by atoms with van der Waals surface area (Å²) in [5.41, 5.74) is 1.09. The number of aromatic amines is 1. The number of carbonyl (C=O) groups excluding carboxylic acids is 1. The Morgan fingerprint density at radius 3 is 2.52 bits per heavy atom. The van der Waals surface area contributed by atoms with Crippen molar-refractivity contribution < 1.29 is 9.53 Å². The van der Waals surface area contributed by atoms with Crippen LogP contribution in [0.25, 0.3) is 10.9 Å². The molecule has 0 spiro atoms. The number of hydrogen-bond acceptors (Lipinski definition) is 3. The Morgan fingerprint density at radius 2 is 1.83 bits per heavy atom. The second-order valence-corrected chi connectivity index (χ2v) is 5.11. The van der Waals surface area contributed by atoms with Gasteiger partial charge in [-0.25, -0.2) is 0 Å². The number of benzene rings is 2. The largest absolute Gasteiger partial charge is 0.495 e. The Morgan fingerprint density at radius 1 is 1.09 bits per heavy atom. The Labute approximate surface area is 133 Å². The topological polar surface area (TPSA) is 62.4 Å². The molecule has 2 aromatic carbocycles. The summed E-state index contributed by atoms with van der Waals surface area (Å²) in [7, 11) is 3.18. The van der Waals surface area contributed by atoms with Crippen molar-refractivity contribution in [2.45, 2.75) is 0 Å². The maximum absolute atomic E-state index is 12.7. The first-order chi connectivity index (χ1) is 11.1. The molecule has 0 saturated heterocycles. The molecule has 0 atom stereocenters. The fourth-order valence-corrected chi connectivity index (χ4v) is 2.50. The molecule has 3 aromatic rings. The van der Waals surface area contributed by atoms with Crippen LogP contribution in [0, 0.1) is 0 Å². The Kier molecular flexibility index (Phi) is 3.85. The Bertz CT molecular complexity index is 916. The molecule has 1 heterocycles. The van der Waals surface area contributed by atoms with Gasteiger partial charge in [-0.2, -0.15) is 0 Å². The van der Waals surface area contributed by atoms with E-state index in [2.05, 4.69) is 4.98 Å². The minimum Gasteiger partial charge on any atom is -0.495 e. The number of methoxy groups -OCH3 is 1. The van der Waals surface area contributed by atoms with Gasteiger partial charge in [0.05, 0.1) is 18.0 Å². The van der Waals surface area contributed by atoms with Crippen LogP contribution in [0.5, 0.6) is 5.75 Å². The fraction of sp³-hybridized carbons (Fsp3) is 0.111. The lowest BCUT2D eigenvalue weighted by Crippen LogP contribution is -2.31. The number of ether oxygens (including phenoxy) is 1.